The van der Waals surface area contributed by atoms with Crippen LogP contribution in [0.25, 0.3) is 0 Å². The summed E-state index contributed by atoms with van der Waals surface area (Å²) in [7, 11) is 0. The third-order valence-corrected chi connectivity index (χ3v) is 2.61. The molecule has 1 rings (SSSR count). The Kier molecular flexibility index (Phi) is 3.36. The minimum absolute atomic E-state index is 0.0562. The highest BCUT2D eigenvalue weighted by Crippen LogP contribution is 2.27. The van der Waals surface area contributed by atoms with Crippen LogP contribution in [0.2, 0.25) is 0 Å². The fraction of sp³-hybridized carbons (Fsp3) is 1.00. The Balaban J connectivity index is 2.47. The molecule has 1 aliphatic rings. The van der Waals surface area contributed by atoms with Gasteiger partial charge in [0.25, 0.3) is 0 Å². The lowest BCUT2D eigenvalue weighted by Crippen LogP contribution is -2.45. The van der Waals surface area contributed by atoms with Gasteiger partial charge in [0.05, 0.1) is 11.7 Å². The standard InChI is InChI=1S/C11H23NO/c1-8-5-6-9(12)10(7-8)13-11(2,3)4/h8-10H,5-7,12H2,1-4H3. The van der Waals surface area contributed by atoms with Gasteiger partial charge in [0.1, 0.15) is 0 Å². The summed E-state index contributed by atoms with van der Waals surface area (Å²) in [6, 6.07) is 0.246. The Labute approximate surface area is 81.8 Å². The summed E-state index contributed by atoms with van der Waals surface area (Å²) in [5, 5.41) is 0. The van der Waals surface area contributed by atoms with Gasteiger partial charge in [0.15, 0.2) is 0 Å². The molecule has 13 heavy (non-hydrogen) atoms. The third-order valence-electron chi connectivity index (χ3n) is 2.61. The lowest BCUT2D eigenvalue weighted by Gasteiger charge is -2.36. The maximum absolute atomic E-state index is 6.02. The van der Waals surface area contributed by atoms with E-state index in [2.05, 4.69) is 27.7 Å². The van der Waals surface area contributed by atoms with Gasteiger partial charge in [-0.25, -0.2) is 0 Å². The van der Waals surface area contributed by atoms with Crippen LogP contribution in [0.5, 0.6) is 0 Å². The van der Waals surface area contributed by atoms with Crippen LogP contribution in [0.1, 0.15) is 47.0 Å². The summed E-state index contributed by atoms with van der Waals surface area (Å²) >= 11 is 0. The zero-order valence-electron chi connectivity index (χ0n) is 9.34. The summed E-state index contributed by atoms with van der Waals surface area (Å²) in [5.74, 6) is 0.771. The molecule has 3 atom stereocenters. The summed E-state index contributed by atoms with van der Waals surface area (Å²) in [4.78, 5) is 0. The first-order valence-corrected chi connectivity index (χ1v) is 5.32. The second kappa shape index (κ2) is 3.97. The van der Waals surface area contributed by atoms with Gasteiger partial charge in [-0.2, -0.15) is 0 Å². The van der Waals surface area contributed by atoms with Crippen molar-refractivity contribution in [2.45, 2.75) is 64.7 Å². The number of nitrogens with two attached hydrogens (primary N) is 1. The Morgan fingerprint density at radius 2 is 1.85 bits per heavy atom. The molecule has 3 unspecified atom stereocenters. The highest BCUT2D eigenvalue weighted by Gasteiger charge is 2.29. The zero-order chi connectivity index (χ0) is 10.1. The first-order chi connectivity index (χ1) is 5.88. The molecule has 1 aliphatic carbocycles. The first-order valence-electron chi connectivity index (χ1n) is 5.32. The maximum Gasteiger partial charge on any atom is 0.0735 e. The SMILES string of the molecule is CC1CCC(N)C(OC(C)(C)C)C1. The highest BCUT2D eigenvalue weighted by atomic mass is 16.5. The van der Waals surface area contributed by atoms with Crippen molar-refractivity contribution in [3.05, 3.63) is 0 Å². The molecule has 2 N–H and O–H groups in total. The van der Waals surface area contributed by atoms with E-state index in [1.165, 1.54) is 6.42 Å². The second-order valence-electron chi connectivity index (χ2n) is 5.35. The van der Waals surface area contributed by atoms with E-state index >= 15 is 0 Å². The van der Waals surface area contributed by atoms with Gasteiger partial charge in [-0.15, -0.1) is 0 Å². The van der Waals surface area contributed by atoms with Crippen LogP contribution < -0.4 is 5.73 Å². The number of hydrogen-bond donors (Lipinski definition) is 1. The molecule has 0 heterocycles. The molecule has 0 aromatic heterocycles. The van der Waals surface area contributed by atoms with E-state index in [9.17, 15) is 0 Å². The number of rotatable bonds is 1. The van der Waals surface area contributed by atoms with Gasteiger partial charge in [0.2, 0.25) is 0 Å². The van der Waals surface area contributed by atoms with E-state index in [-0.39, 0.29) is 17.7 Å². The van der Waals surface area contributed by atoms with Crippen molar-refractivity contribution in [1.82, 2.24) is 0 Å². The molecular weight excluding hydrogens is 162 g/mol. The van der Waals surface area contributed by atoms with Crippen LogP contribution in [0.4, 0.5) is 0 Å². The van der Waals surface area contributed by atoms with Gasteiger partial charge >= 0.3 is 0 Å². The number of ether oxygens (including phenoxy) is 1. The molecule has 1 saturated carbocycles. The third kappa shape index (κ3) is 3.65. The largest absolute Gasteiger partial charge is 0.371 e. The fourth-order valence-electron chi connectivity index (χ4n) is 1.94. The molecule has 2 nitrogen and oxygen atoms in total. The van der Waals surface area contributed by atoms with Gasteiger partial charge in [0, 0.05) is 6.04 Å². The molecular formula is C11H23NO. The summed E-state index contributed by atoms with van der Waals surface area (Å²) in [6.07, 6.45) is 3.76. The van der Waals surface area contributed by atoms with Gasteiger partial charge < -0.3 is 10.5 Å². The van der Waals surface area contributed by atoms with Crippen molar-refractivity contribution in [3.63, 3.8) is 0 Å². The predicted octanol–water partition coefficient (Wildman–Crippen LogP) is 2.32. The van der Waals surface area contributed by atoms with Crippen LogP contribution in [0.15, 0.2) is 0 Å². The van der Waals surface area contributed by atoms with Crippen molar-refractivity contribution in [1.29, 1.82) is 0 Å². The van der Waals surface area contributed by atoms with Crippen molar-refractivity contribution >= 4 is 0 Å². The van der Waals surface area contributed by atoms with Crippen LogP contribution in [0, 0.1) is 5.92 Å². The average molecular weight is 185 g/mol. The van der Waals surface area contributed by atoms with Crippen LogP contribution >= 0.6 is 0 Å². The second-order valence-corrected chi connectivity index (χ2v) is 5.35. The molecule has 2 heteroatoms. The van der Waals surface area contributed by atoms with E-state index in [0.29, 0.717) is 0 Å². The van der Waals surface area contributed by atoms with Crippen molar-refractivity contribution in [3.8, 4) is 0 Å². The average Bonchev–Trinajstić information content (AvgIpc) is 1.94. The lowest BCUT2D eigenvalue weighted by atomic mass is 9.85. The molecule has 0 amide bonds. The minimum Gasteiger partial charge on any atom is -0.371 e. The Bertz CT molecular complexity index is 162. The monoisotopic (exact) mass is 185 g/mol. The van der Waals surface area contributed by atoms with Gasteiger partial charge in [-0.1, -0.05) is 6.92 Å². The summed E-state index contributed by atoms with van der Waals surface area (Å²) in [5.41, 5.74) is 5.97. The number of hydrogen-bond acceptors (Lipinski definition) is 2. The van der Waals surface area contributed by atoms with E-state index in [0.717, 1.165) is 18.8 Å². The predicted molar refractivity (Wildman–Crippen MR) is 55.6 cm³/mol. The quantitative estimate of drug-likeness (QED) is 0.680. The zero-order valence-corrected chi connectivity index (χ0v) is 9.34. The Morgan fingerprint density at radius 1 is 1.23 bits per heavy atom. The van der Waals surface area contributed by atoms with Crippen molar-refractivity contribution < 1.29 is 4.74 Å². The van der Waals surface area contributed by atoms with Gasteiger partial charge in [-0.3, -0.25) is 0 Å². The van der Waals surface area contributed by atoms with Crippen LogP contribution in [0.3, 0.4) is 0 Å². The highest BCUT2D eigenvalue weighted by molar-refractivity contribution is 4.83. The smallest absolute Gasteiger partial charge is 0.0735 e. The van der Waals surface area contributed by atoms with Crippen molar-refractivity contribution in [2.75, 3.05) is 0 Å². The van der Waals surface area contributed by atoms with E-state index in [1.807, 2.05) is 0 Å². The molecule has 78 valence electrons. The minimum atomic E-state index is -0.0562. The maximum atomic E-state index is 6.02. The van der Waals surface area contributed by atoms with Crippen LogP contribution in [-0.2, 0) is 4.74 Å². The van der Waals surface area contributed by atoms with E-state index in [1.54, 1.807) is 0 Å². The van der Waals surface area contributed by atoms with Crippen LogP contribution in [-0.4, -0.2) is 17.7 Å². The fourth-order valence-corrected chi connectivity index (χ4v) is 1.94. The molecule has 0 saturated heterocycles. The Hall–Kier alpha value is -0.0800. The summed E-state index contributed by atoms with van der Waals surface area (Å²) in [6.45, 7) is 8.57. The normalized spacial score (nSPS) is 36.2. The molecule has 0 aromatic rings. The molecule has 0 spiro atoms. The first kappa shape index (κ1) is 11.0. The van der Waals surface area contributed by atoms with Crippen molar-refractivity contribution in [2.24, 2.45) is 11.7 Å². The summed E-state index contributed by atoms with van der Waals surface area (Å²) < 4.78 is 5.94. The topological polar surface area (TPSA) is 35.2 Å². The molecule has 0 radical (unpaired) electrons. The van der Waals surface area contributed by atoms with E-state index < -0.39 is 0 Å². The Morgan fingerprint density at radius 3 is 2.38 bits per heavy atom. The lowest BCUT2D eigenvalue weighted by molar-refractivity contribution is -0.0883. The van der Waals surface area contributed by atoms with Gasteiger partial charge in [-0.05, 0) is 46.0 Å². The molecule has 0 aliphatic heterocycles. The molecule has 0 bridgehead atoms. The van der Waals surface area contributed by atoms with E-state index in [4.69, 9.17) is 10.5 Å². The molecule has 1 fully saturated rings. The molecule has 0 aromatic carbocycles.